The van der Waals surface area contributed by atoms with Crippen molar-refractivity contribution in [2.45, 2.75) is 71.8 Å². The maximum Gasteiger partial charge on any atom is 0.311 e. The maximum atomic E-state index is 13.1. The molecule has 0 spiro atoms. The summed E-state index contributed by atoms with van der Waals surface area (Å²) in [7, 11) is 0. The Hall–Kier alpha value is -1.78. The monoisotopic (exact) mass is 346 g/mol. The normalized spacial score (nSPS) is 25.2. The molecule has 1 aliphatic heterocycles. The highest BCUT2D eigenvalue weighted by Crippen LogP contribution is 2.34. The number of amides is 1. The fourth-order valence-corrected chi connectivity index (χ4v) is 4.65. The lowest BCUT2D eigenvalue weighted by molar-refractivity contribution is -0.150. The summed E-state index contributed by atoms with van der Waals surface area (Å²) in [6, 6.07) is 2.50. The molecule has 0 radical (unpaired) electrons. The minimum absolute atomic E-state index is 0.0117. The second-order valence-corrected chi connectivity index (χ2v) is 8.14. The molecule has 1 aromatic rings. The fraction of sp³-hybridized carbons (Fsp3) is 0.700. The molecule has 2 aliphatic rings. The van der Waals surface area contributed by atoms with E-state index >= 15 is 0 Å². The second-order valence-electron chi connectivity index (χ2n) is 8.14. The zero-order chi connectivity index (χ0) is 18.2. The van der Waals surface area contributed by atoms with Gasteiger partial charge in [-0.25, -0.2) is 0 Å². The average Bonchev–Trinajstić information content (AvgIpc) is 2.89. The molecule has 1 aromatic heterocycles. The summed E-state index contributed by atoms with van der Waals surface area (Å²) in [4.78, 5) is 26.4. The minimum atomic E-state index is -0.831. The van der Waals surface area contributed by atoms with Crippen LogP contribution in [0, 0.1) is 19.3 Å². The summed E-state index contributed by atoms with van der Waals surface area (Å²) in [5, 5.41) is 9.50. The van der Waals surface area contributed by atoms with Gasteiger partial charge in [-0.15, -0.1) is 0 Å². The Labute approximate surface area is 150 Å². The molecule has 2 heterocycles. The Morgan fingerprint density at radius 1 is 1.16 bits per heavy atom. The van der Waals surface area contributed by atoms with E-state index in [1.54, 1.807) is 11.8 Å². The maximum absolute atomic E-state index is 13.1. The number of carbonyl (C=O) groups excluding carboxylic acids is 1. The van der Waals surface area contributed by atoms with Gasteiger partial charge in [0.25, 0.3) is 5.91 Å². The minimum Gasteiger partial charge on any atom is -0.481 e. The Balaban J connectivity index is 1.84. The van der Waals surface area contributed by atoms with Crippen LogP contribution < -0.4 is 0 Å². The van der Waals surface area contributed by atoms with E-state index in [9.17, 15) is 14.7 Å². The molecule has 3 rings (SSSR count). The molecule has 5 heteroatoms. The van der Waals surface area contributed by atoms with Gasteiger partial charge in [0, 0.05) is 30.5 Å². The lowest BCUT2D eigenvalue weighted by Gasteiger charge is -2.37. The number of aromatic nitrogens is 1. The molecule has 5 nitrogen and oxygen atoms in total. The van der Waals surface area contributed by atoms with Crippen LogP contribution in [-0.2, 0) is 4.79 Å². The second kappa shape index (κ2) is 6.85. The van der Waals surface area contributed by atoms with Crippen LogP contribution in [0.3, 0.4) is 0 Å². The van der Waals surface area contributed by atoms with Gasteiger partial charge in [0.2, 0.25) is 0 Å². The first-order valence-electron chi connectivity index (χ1n) is 9.54. The highest BCUT2D eigenvalue weighted by molar-refractivity contribution is 5.96. The van der Waals surface area contributed by atoms with Crippen LogP contribution in [0.15, 0.2) is 6.07 Å². The quantitative estimate of drug-likeness (QED) is 0.902. The number of piperidine rings is 1. The molecular weight excluding hydrogens is 316 g/mol. The van der Waals surface area contributed by atoms with Crippen molar-refractivity contribution in [3.8, 4) is 0 Å². The van der Waals surface area contributed by atoms with Gasteiger partial charge in [-0.05, 0) is 52.5 Å². The summed E-state index contributed by atoms with van der Waals surface area (Å²) < 4.78 is 2.34. The van der Waals surface area contributed by atoms with E-state index in [4.69, 9.17) is 0 Å². The molecule has 25 heavy (non-hydrogen) atoms. The summed E-state index contributed by atoms with van der Waals surface area (Å²) in [5.74, 6) is -0.819. The van der Waals surface area contributed by atoms with E-state index in [0.717, 1.165) is 23.4 Å². The number of carbonyl (C=O) groups is 2. The van der Waals surface area contributed by atoms with E-state index in [-0.39, 0.29) is 5.91 Å². The van der Waals surface area contributed by atoms with E-state index in [1.165, 1.54) is 32.1 Å². The van der Waals surface area contributed by atoms with Crippen LogP contribution in [0.1, 0.15) is 79.7 Å². The number of hydrogen-bond acceptors (Lipinski definition) is 2. The van der Waals surface area contributed by atoms with Gasteiger partial charge in [-0.3, -0.25) is 9.59 Å². The molecule has 1 saturated carbocycles. The number of likely N-dealkylation sites (tertiary alicyclic amines) is 1. The van der Waals surface area contributed by atoms with E-state index in [1.807, 2.05) is 13.0 Å². The molecule has 1 N–H and O–H groups in total. The van der Waals surface area contributed by atoms with Crippen LogP contribution in [0.2, 0.25) is 0 Å². The first-order valence-corrected chi connectivity index (χ1v) is 9.54. The number of nitrogens with zero attached hydrogens (tertiary/aromatic N) is 2. The zero-order valence-corrected chi connectivity index (χ0v) is 15.7. The van der Waals surface area contributed by atoms with E-state index in [0.29, 0.717) is 25.6 Å². The van der Waals surface area contributed by atoms with Crippen molar-refractivity contribution in [2.75, 3.05) is 13.1 Å². The topological polar surface area (TPSA) is 62.5 Å². The lowest BCUT2D eigenvalue weighted by Crippen LogP contribution is -2.48. The van der Waals surface area contributed by atoms with Crippen molar-refractivity contribution >= 4 is 11.9 Å². The van der Waals surface area contributed by atoms with Crippen molar-refractivity contribution in [2.24, 2.45) is 5.41 Å². The van der Waals surface area contributed by atoms with Crippen molar-refractivity contribution in [3.63, 3.8) is 0 Å². The van der Waals surface area contributed by atoms with Crippen LogP contribution in [0.4, 0.5) is 0 Å². The third kappa shape index (κ3) is 3.33. The first kappa shape index (κ1) is 18.0. The Kier molecular flexibility index (Phi) is 4.94. The molecule has 138 valence electrons. The summed E-state index contributed by atoms with van der Waals surface area (Å²) in [5.41, 5.74) is 2.10. The predicted molar refractivity (Wildman–Crippen MR) is 96.9 cm³/mol. The van der Waals surface area contributed by atoms with Gasteiger partial charge in [0.15, 0.2) is 0 Å². The van der Waals surface area contributed by atoms with Crippen LogP contribution in [0.5, 0.6) is 0 Å². The number of rotatable bonds is 3. The predicted octanol–water partition coefficient (Wildman–Crippen LogP) is 3.94. The largest absolute Gasteiger partial charge is 0.481 e. The highest BCUT2D eigenvalue weighted by Gasteiger charge is 2.40. The van der Waals surface area contributed by atoms with E-state index in [2.05, 4.69) is 11.5 Å². The van der Waals surface area contributed by atoms with Gasteiger partial charge in [-0.1, -0.05) is 19.3 Å². The lowest BCUT2D eigenvalue weighted by atomic mass is 9.82. The number of hydrogen-bond donors (Lipinski definition) is 1. The molecule has 1 aliphatic carbocycles. The molecule has 0 aromatic carbocycles. The van der Waals surface area contributed by atoms with Crippen LogP contribution >= 0.6 is 0 Å². The molecule has 2 fully saturated rings. The fourth-order valence-electron chi connectivity index (χ4n) is 4.65. The molecule has 1 saturated heterocycles. The van der Waals surface area contributed by atoms with Crippen molar-refractivity contribution in [1.29, 1.82) is 0 Å². The number of carboxylic acid groups (broad SMARTS) is 1. The Morgan fingerprint density at radius 3 is 2.48 bits per heavy atom. The standard InChI is InChI=1S/C20H30N2O3/c1-14-12-17(15(2)22(14)16-8-5-4-6-9-16)18(23)21-11-7-10-20(3,13-21)19(24)25/h12,16H,4-11,13H2,1-3H3,(H,24,25). The molecule has 1 amide bonds. The number of carboxylic acids is 1. The zero-order valence-electron chi connectivity index (χ0n) is 15.7. The highest BCUT2D eigenvalue weighted by atomic mass is 16.4. The van der Waals surface area contributed by atoms with Crippen LogP contribution in [0.25, 0.3) is 0 Å². The van der Waals surface area contributed by atoms with Gasteiger partial charge in [0.1, 0.15) is 0 Å². The van der Waals surface area contributed by atoms with Gasteiger partial charge >= 0.3 is 5.97 Å². The van der Waals surface area contributed by atoms with Gasteiger partial charge in [0.05, 0.1) is 11.0 Å². The first-order chi connectivity index (χ1) is 11.8. The number of aliphatic carboxylic acids is 1. The van der Waals surface area contributed by atoms with Crippen LogP contribution in [-0.4, -0.2) is 39.5 Å². The van der Waals surface area contributed by atoms with E-state index < -0.39 is 11.4 Å². The Bertz CT molecular complexity index is 673. The van der Waals surface area contributed by atoms with Gasteiger partial charge < -0.3 is 14.6 Å². The smallest absolute Gasteiger partial charge is 0.311 e. The molecule has 1 unspecified atom stereocenters. The summed E-state index contributed by atoms with van der Waals surface area (Å²) in [6.45, 7) is 6.81. The Morgan fingerprint density at radius 2 is 1.84 bits per heavy atom. The molecule has 0 bridgehead atoms. The van der Waals surface area contributed by atoms with Crippen molar-refractivity contribution in [3.05, 3.63) is 23.0 Å². The SMILES string of the molecule is Cc1cc(C(=O)N2CCCC(C)(C(=O)O)C2)c(C)n1C1CCCCC1. The van der Waals surface area contributed by atoms with Crippen molar-refractivity contribution in [1.82, 2.24) is 9.47 Å². The molecular formula is C20H30N2O3. The number of aryl methyl sites for hydroxylation is 1. The summed E-state index contributed by atoms with van der Waals surface area (Å²) in [6.07, 6.45) is 7.57. The third-order valence-electron chi connectivity index (χ3n) is 6.15. The molecule has 1 atom stereocenters. The average molecular weight is 346 g/mol. The van der Waals surface area contributed by atoms with Crippen molar-refractivity contribution < 1.29 is 14.7 Å². The summed E-state index contributed by atoms with van der Waals surface area (Å²) >= 11 is 0. The van der Waals surface area contributed by atoms with Gasteiger partial charge in [-0.2, -0.15) is 0 Å². The third-order valence-corrected chi connectivity index (χ3v) is 6.15.